The molecule has 0 saturated heterocycles. The number of aromatic nitrogens is 2. The highest BCUT2D eigenvalue weighted by Crippen LogP contribution is 2.29. The first-order valence-electron chi connectivity index (χ1n) is 10.5. The van der Waals surface area contributed by atoms with Crippen molar-refractivity contribution in [3.63, 3.8) is 0 Å². The van der Waals surface area contributed by atoms with E-state index in [9.17, 15) is 4.79 Å². The second-order valence-corrected chi connectivity index (χ2v) is 7.73. The number of carbonyl (C=O) groups excluding carboxylic acids is 1. The van der Waals surface area contributed by atoms with Gasteiger partial charge in [0, 0.05) is 0 Å². The van der Waals surface area contributed by atoms with Gasteiger partial charge in [-0.15, -0.1) is 0 Å². The predicted molar refractivity (Wildman–Crippen MR) is 123 cm³/mol. The molecule has 3 aromatic carbocycles. The molecule has 1 aromatic heterocycles. The molecule has 1 N–H and O–H groups in total. The Morgan fingerprint density at radius 2 is 1.65 bits per heavy atom. The van der Waals surface area contributed by atoms with Crippen molar-refractivity contribution in [1.29, 1.82) is 0 Å². The summed E-state index contributed by atoms with van der Waals surface area (Å²) in [5, 5.41) is 3.13. The molecule has 4 aromatic rings. The van der Waals surface area contributed by atoms with Crippen LogP contribution < -0.4 is 10.1 Å². The summed E-state index contributed by atoms with van der Waals surface area (Å²) >= 11 is 0. The molecule has 0 saturated carbocycles. The fraction of sp³-hybridized carbons (Fsp3) is 0.231. The number of imidazole rings is 1. The Labute approximate surface area is 182 Å². The average Bonchev–Trinajstić information content (AvgIpc) is 3.19. The zero-order chi connectivity index (χ0) is 21.8. The summed E-state index contributed by atoms with van der Waals surface area (Å²) in [5.41, 5.74) is 4.13. The van der Waals surface area contributed by atoms with Gasteiger partial charge in [0.25, 0.3) is 0 Å². The van der Waals surface area contributed by atoms with E-state index in [4.69, 9.17) is 9.72 Å². The number of hydrogen-bond donors (Lipinski definition) is 1. The van der Waals surface area contributed by atoms with E-state index < -0.39 is 0 Å². The van der Waals surface area contributed by atoms with E-state index in [0.29, 0.717) is 6.42 Å². The summed E-state index contributed by atoms with van der Waals surface area (Å²) in [4.78, 5) is 17.6. The van der Waals surface area contributed by atoms with Gasteiger partial charge in [-0.05, 0) is 49.2 Å². The number of methoxy groups -OCH3 is 1. The van der Waals surface area contributed by atoms with Gasteiger partial charge in [-0.25, -0.2) is 4.98 Å². The summed E-state index contributed by atoms with van der Waals surface area (Å²) in [6.07, 6.45) is 0.308. The molecule has 2 unspecified atom stereocenters. The second kappa shape index (κ2) is 9.04. The topological polar surface area (TPSA) is 56.1 Å². The zero-order valence-corrected chi connectivity index (χ0v) is 18.1. The van der Waals surface area contributed by atoms with Gasteiger partial charge >= 0.3 is 0 Å². The van der Waals surface area contributed by atoms with Crippen molar-refractivity contribution in [2.24, 2.45) is 0 Å². The molecule has 1 heterocycles. The molecule has 0 spiro atoms. The molecular weight excluding hydrogens is 386 g/mol. The Morgan fingerprint density at radius 1 is 0.968 bits per heavy atom. The van der Waals surface area contributed by atoms with Gasteiger partial charge in [-0.3, -0.25) is 4.79 Å². The third-order valence-corrected chi connectivity index (χ3v) is 5.58. The lowest BCUT2D eigenvalue weighted by atomic mass is 10.1. The first-order valence-corrected chi connectivity index (χ1v) is 10.5. The molecule has 4 rings (SSSR count). The second-order valence-electron chi connectivity index (χ2n) is 7.73. The minimum Gasteiger partial charge on any atom is -0.497 e. The number of rotatable bonds is 7. The fourth-order valence-corrected chi connectivity index (χ4v) is 3.94. The van der Waals surface area contributed by atoms with Gasteiger partial charge < -0.3 is 14.6 Å². The number of benzene rings is 3. The van der Waals surface area contributed by atoms with E-state index in [2.05, 4.69) is 35.0 Å². The number of ether oxygens (including phenoxy) is 1. The summed E-state index contributed by atoms with van der Waals surface area (Å²) in [7, 11) is 1.63. The normalized spacial score (nSPS) is 13.0. The van der Waals surface area contributed by atoms with Crippen LogP contribution in [-0.2, 0) is 11.2 Å². The lowest BCUT2D eigenvalue weighted by molar-refractivity contribution is -0.121. The molecular formula is C26H27N3O2. The van der Waals surface area contributed by atoms with Gasteiger partial charge in [-0.2, -0.15) is 0 Å². The van der Waals surface area contributed by atoms with Crippen LogP contribution in [-0.4, -0.2) is 22.6 Å². The molecule has 158 valence electrons. The van der Waals surface area contributed by atoms with E-state index in [1.807, 2.05) is 67.6 Å². The van der Waals surface area contributed by atoms with Crippen LogP contribution in [0.25, 0.3) is 11.0 Å². The average molecular weight is 414 g/mol. The van der Waals surface area contributed by atoms with Crippen LogP contribution in [0.5, 0.6) is 5.75 Å². The number of fused-ring (bicyclic) bond motifs is 1. The number of carbonyl (C=O) groups is 1. The number of hydrogen-bond acceptors (Lipinski definition) is 3. The maximum Gasteiger partial charge on any atom is 0.224 e. The Hall–Kier alpha value is -3.60. The van der Waals surface area contributed by atoms with Crippen LogP contribution in [0.4, 0.5) is 0 Å². The van der Waals surface area contributed by atoms with E-state index in [1.54, 1.807) is 7.11 Å². The van der Waals surface area contributed by atoms with Crippen LogP contribution >= 0.6 is 0 Å². The van der Waals surface area contributed by atoms with Crippen LogP contribution in [0.2, 0.25) is 0 Å². The van der Waals surface area contributed by atoms with Crippen molar-refractivity contribution in [2.45, 2.75) is 32.4 Å². The summed E-state index contributed by atoms with van der Waals surface area (Å²) in [6, 6.07) is 25.9. The number of amides is 1. The predicted octanol–water partition coefficient (Wildman–Crippen LogP) is 5.07. The Balaban J connectivity index is 1.60. The van der Waals surface area contributed by atoms with Crippen LogP contribution in [0.1, 0.15) is 42.9 Å². The third kappa shape index (κ3) is 4.45. The van der Waals surface area contributed by atoms with Gasteiger partial charge in [0.05, 0.1) is 36.6 Å². The first-order chi connectivity index (χ1) is 15.1. The molecule has 0 radical (unpaired) electrons. The number of nitrogens with zero attached hydrogens (tertiary/aromatic N) is 2. The van der Waals surface area contributed by atoms with E-state index >= 15 is 0 Å². The molecule has 31 heavy (non-hydrogen) atoms. The van der Waals surface area contributed by atoms with Gasteiger partial charge in [0.2, 0.25) is 5.91 Å². The lowest BCUT2D eigenvalue weighted by Crippen LogP contribution is -2.30. The monoisotopic (exact) mass is 413 g/mol. The smallest absolute Gasteiger partial charge is 0.224 e. The van der Waals surface area contributed by atoms with E-state index in [0.717, 1.165) is 28.2 Å². The first kappa shape index (κ1) is 20.7. The van der Waals surface area contributed by atoms with Crippen LogP contribution in [0.15, 0.2) is 78.9 Å². The number of nitrogens with one attached hydrogen (secondary N) is 1. The molecule has 1 amide bonds. The molecule has 0 bridgehead atoms. The van der Waals surface area contributed by atoms with Crippen molar-refractivity contribution in [3.05, 3.63) is 95.8 Å². The van der Waals surface area contributed by atoms with Gasteiger partial charge in [0.15, 0.2) is 0 Å². The largest absolute Gasteiger partial charge is 0.497 e. The highest BCUT2D eigenvalue weighted by atomic mass is 16.5. The molecule has 0 aliphatic rings. The van der Waals surface area contributed by atoms with Crippen molar-refractivity contribution < 1.29 is 9.53 Å². The zero-order valence-electron chi connectivity index (χ0n) is 18.1. The molecule has 0 aliphatic heterocycles. The van der Waals surface area contributed by atoms with Crippen LogP contribution in [0, 0.1) is 0 Å². The Bertz CT molecular complexity index is 1170. The standard InChI is InChI=1S/C26H27N3O2/c1-18(27-25(30)17-20-13-15-22(31-3)16-14-20)26-28-23-11-7-8-12-24(23)29(26)19(2)21-9-5-4-6-10-21/h4-16,18-19H,17H2,1-3H3,(H,27,30). The van der Waals surface area contributed by atoms with Gasteiger partial charge in [-0.1, -0.05) is 54.6 Å². The van der Waals surface area contributed by atoms with Crippen molar-refractivity contribution in [3.8, 4) is 5.75 Å². The highest BCUT2D eigenvalue weighted by molar-refractivity contribution is 5.80. The minimum absolute atomic E-state index is 0.0383. The van der Waals surface area contributed by atoms with Crippen molar-refractivity contribution >= 4 is 16.9 Å². The van der Waals surface area contributed by atoms with E-state index in [-0.39, 0.29) is 18.0 Å². The number of para-hydroxylation sites is 2. The molecule has 0 fully saturated rings. The summed E-state index contributed by atoms with van der Waals surface area (Å²) < 4.78 is 7.41. The maximum absolute atomic E-state index is 12.7. The molecule has 0 aliphatic carbocycles. The summed E-state index contributed by atoms with van der Waals surface area (Å²) in [6.45, 7) is 4.15. The quantitative estimate of drug-likeness (QED) is 0.460. The minimum atomic E-state index is -0.232. The highest BCUT2D eigenvalue weighted by Gasteiger charge is 2.22. The lowest BCUT2D eigenvalue weighted by Gasteiger charge is -2.22. The van der Waals surface area contributed by atoms with Crippen molar-refractivity contribution in [2.75, 3.05) is 7.11 Å². The SMILES string of the molecule is COc1ccc(CC(=O)NC(C)c2nc3ccccc3n2C(C)c2ccccc2)cc1. The van der Waals surface area contributed by atoms with E-state index in [1.165, 1.54) is 5.56 Å². The molecule has 5 heteroatoms. The molecule has 2 atom stereocenters. The Morgan fingerprint density at radius 3 is 2.35 bits per heavy atom. The maximum atomic E-state index is 12.7. The van der Waals surface area contributed by atoms with Crippen LogP contribution in [0.3, 0.4) is 0 Å². The molecule has 5 nitrogen and oxygen atoms in total. The van der Waals surface area contributed by atoms with Crippen molar-refractivity contribution in [1.82, 2.24) is 14.9 Å². The third-order valence-electron chi connectivity index (χ3n) is 5.58. The Kier molecular flexibility index (Phi) is 6.03. The van der Waals surface area contributed by atoms with Gasteiger partial charge in [0.1, 0.15) is 11.6 Å². The summed E-state index contributed by atoms with van der Waals surface area (Å²) in [5.74, 6) is 1.59. The fourth-order valence-electron chi connectivity index (χ4n) is 3.94.